The molecule has 5 nitrogen and oxygen atoms in total. The van der Waals surface area contributed by atoms with Crippen LogP contribution in [-0.4, -0.2) is 67.5 Å². The lowest BCUT2D eigenvalue weighted by Crippen LogP contribution is -2.37. The molecule has 0 bridgehead atoms. The maximum atomic E-state index is 13.8. The van der Waals surface area contributed by atoms with Crippen LogP contribution in [0.25, 0.3) is 0 Å². The monoisotopic (exact) mass is 465 g/mol. The third-order valence-electron chi connectivity index (χ3n) is 6.04. The molecule has 2 aromatic carbocycles. The number of alkyl halides is 3. The molecule has 2 aromatic rings. The van der Waals surface area contributed by atoms with E-state index in [9.17, 15) is 22.4 Å². The van der Waals surface area contributed by atoms with Crippen LogP contribution < -0.4 is 0 Å². The van der Waals surface area contributed by atoms with Crippen LogP contribution in [-0.2, 0) is 24.0 Å². The first-order valence-corrected chi connectivity index (χ1v) is 10.9. The van der Waals surface area contributed by atoms with Crippen LogP contribution in [0.4, 0.5) is 17.6 Å². The van der Waals surface area contributed by atoms with E-state index in [-0.39, 0.29) is 24.1 Å². The molecule has 0 spiro atoms. The van der Waals surface area contributed by atoms with E-state index in [0.717, 1.165) is 29.8 Å². The number of amides is 1. The van der Waals surface area contributed by atoms with E-state index in [2.05, 4.69) is 0 Å². The average molecular weight is 465 g/mol. The minimum atomic E-state index is -4.59. The van der Waals surface area contributed by atoms with E-state index in [4.69, 9.17) is 4.74 Å². The van der Waals surface area contributed by atoms with E-state index >= 15 is 0 Å². The summed E-state index contributed by atoms with van der Waals surface area (Å²) < 4.78 is 58.8. The Morgan fingerprint density at radius 1 is 1.15 bits per heavy atom. The number of carbonyl (C=O) groups is 1. The highest BCUT2D eigenvalue weighted by atomic mass is 19.4. The number of likely N-dealkylation sites (N-methyl/N-ethyl adjacent to an activating group) is 1. The van der Waals surface area contributed by atoms with Crippen molar-refractivity contribution in [3.05, 3.63) is 70.0 Å². The molecule has 4 rings (SSSR count). The van der Waals surface area contributed by atoms with Crippen LogP contribution >= 0.6 is 0 Å². The number of hydrogen-bond donors (Lipinski definition) is 0. The Kier molecular flexibility index (Phi) is 6.74. The number of nitrogens with zero attached hydrogens (tertiary/aromatic N) is 3. The Hall–Kier alpha value is -2.49. The van der Waals surface area contributed by atoms with Crippen molar-refractivity contribution in [2.75, 3.05) is 46.9 Å². The standard InChI is InChI=1S/C24H27F4N3O2/c1-29(2)5-6-31-14-18-11-17(3-4-21(18)23(31)32)22-15-30(7-8-33-22)13-16-9-19(24(26,27)28)12-20(25)10-16/h3-4,9-12,22H,5-8,13-15H2,1-2H3/t22-/m0/s1. The Labute approximate surface area is 190 Å². The van der Waals surface area contributed by atoms with Gasteiger partial charge in [0.25, 0.3) is 5.91 Å². The summed E-state index contributed by atoms with van der Waals surface area (Å²) in [4.78, 5) is 18.5. The Morgan fingerprint density at radius 2 is 1.94 bits per heavy atom. The second-order valence-electron chi connectivity index (χ2n) is 8.89. The van der Waals surface area contributed by atoms with Crippen LogP contribution in [0, 0.1) is 5.82 Å². The molecule has 2 aliphatic rings. The second kappa shape index (κ2) is 9.40. The lowest BCUT2D eigenvalue weighted by atomic mass is 10.0. The fraction of sp³-hybridized carbons (Fsp3) is 0.458. The number of morpholine rings is 1. The summed E-state index contributed by atoms with van der Waals surface area (Å²) in [5.74, 6) is -0.872. The minimum absolute atomic E-state index is 0.0242. The Bertz CT molecular complexity index is 1030. The van der Waals surface area contributed by atoms with E-state index in [1.807, 2.05) is 47.0 Å². The van der Waals surface area contributed by atoms with Crippen LogP contribution in [0.2, 0.25) is 0 Å². The summed E-state index contributed by atoms with van der Waals surface area (Å²) in [7, 11) is 3.93. The van der Waals surface area contributed by atoms with E-state index in [1.165, 1.54) is 0 Å². The fourth-order valence-electron chi connectivity index (χ4n) is 4.31. The fourth-order valence-corrected chi connectivity index (χ4v) is 4.31. The zero-order valence-corrected chi connectivity index (χ0v) is 18.7. The van der Waals surface area contributed by atoms with Gasteiger partial charge >= 0.3 is 6.18 Å². The van der Waals surface area contributed by atoms with Gasteiger partial charge in [0.15, 0.2) is 0 Å². The first-order valence-electron chi connectivity index (χ1n) is 10.9. The maximum Gasteiger partial charge on any atom is 0.416 e. The molecule has 1 atom stereocenters. The van der Waals surface area contributed by atoms with Crippen molar-refractivity contribution in [3.63, 3.8) is 0 Å². The summed E-state index contributed by atoms with van der Waals surface area (Å²) in [5, 5.41) is 0. The van der Waals surface area contributed by atoms with Gasteiger partial charge in [-0.15, -0.1) is 0 Å². The molecule has 33 heavy (non-hydrogen) atoms. The highest BCUT2D eigenvalue weighted by Crippen LogP contribution is 2.32. The van der Waals surface area contributed by atoms with Crippen molar-refractivity contribution in [1.29, 1.82) is 0 Å². The molecule has 0 aromatic heterocycles. The summed E-state index contributed by atoms with van der Waals surface area (Å²) in [6.45, 7) is 3.60. The highest BCUT2D eigenvalue weighted by Gasteiger charge is 2.32. The average Bonchev–Trinajstić information content (AvgIpc) is 3.06. The summed E-state index contributed by atoms with van der Waals surface area (Å²) >= 11 is 0. The van der Waals surface area contributed by atoms with Gasteiger partial charge < -0.3 is 14.5 Å². The molecule has 2 aliphatic heterocycles. The predicted molar refractivity (Wildman–Crippen MR) is 115 cm³/mol. The number of rotatable bonds is 6. The van der Waals surface area contributed by atoms with Crippen molar-refractivity contribution in [1.82, 2.24) is 14.7 Å². The maximum absolute atomic E-state index is 13.8. The number of benzene rings is 2. The predicted octanol–water partition coefficient (Wildman–Crippen LogP) is 3.94. The normalized spacial score (nSPS) is 19.4. The Morgan fingerprint density at radius 3 is 2.67 bits per heavy atom. The van der Waals surface area contributed by atoms with Gasteiger partial charge in [-0.2, -0.15) is 13.2 Å². The second-order valence-corrected chi connectivity index (χ2v) is 8.89. The van der Waals surface area contributed by atoms with Crippen molar-refractivity contribution in [2.24, 2.45) is 0 Å². The third kappa shape index (κ3) is 5.54. The lowest BCUT2D eigenvalue weighted by Gasteiger charge is -2.33. The molecule has 178 valence electrons. The molecule has 0 N–H and O–H groups in total. The quantitative estimate of drug-likeness (QED) is 0.606. The van der Waals surface area contributed by atoms with E-state index in [1.54, 1.807) is 0 Å². The lowest BCUT2D eigenvalue weighted by molar-refractivity contribution is -0.137. The molecule has 0 radical (unpaired) electrons. The van der Waals surface area contributed by atoms with E-state index in [0.29, 0.717) is 44.4 Å². The van der Waals surface area contributed by atoms with Gasteiger partial charge in [0.1, 0.15) is 5.82 Å². The topological polar surface area (TPSA) is 36.0 Å². The number of carbonyl (C=O) groups excluding carboxylic acids is 1. The van der Waals surface area contributed by atoms with Crippen LogP contribution in [0.3, 0.4) is 0 Å². The van der Waals surface area contributed by atoms with Gasteiger partial charge in [0.2, 0.25) is 0 Å². The minimum Gasteiger partial charge on any atom is -0.371 e. The molecule has 9 heteroatoms. The zero-order chi connectivity index (χ0) is 23.8. The van der Waals surface area contributed by atoms with Crippen molar-refractivity contribution in [2.45, 2.75) is 25.4 Å². The molecule has 0 saturated carbocycles. The molecular formula is C24H27F4N3O2. The SMILES string of the molecule is CN(C)CCN1Cc2cc([C@@H]3CN(Cc4cc(F)cc(C(F)(F)F)c4)CCO3)ccc2C1=O. The molecule has 0 aliphatic carbocycles. The molecule has 1 fully saturated rings. The molecule has 2 heterocycles. The molecule has 1 amide bonds. The number of hydrogen-bond acceptors (Lipinski definition) is 4. The highest BCUT2D eigenvalue weighted by molar-refractivity contribution is 5.98. The van der Waals surface area contributed by atoms with Crippen molar-refractivity contribution >= 4 is 5.91 Å². The summed E-state index contributed by atoms with van der Waals surface area (Å²) in [6.07, 6.45) is -4.86. The first-order chi connectivity index (χ1) is 15.6. The van der Waals surface area contributed by atoms with Gasteiger partial charge in [0, 0.05) is 44.8 Å². The van der Waals surface area contributed by atoms with Crippen LogP contribution in [0.5, 0.6) is 0 Å². The Balaban J connectivity index is 1.45. The number of fused-ring (bicyclic) bond motifs is 1. The first kappa shape index (κ1) is 23.7. The largest absolute Gasteiger partial charge is 0.416 e. The smallest absolute Gasteiger partial charge is 0.371 e. The zero-order valence-electron chi connectivity index (χ0n) is 18.7. The number of ether oxygens (including phenoxy) is 1. The van der Waals surface area contributed by atoms with Crippen LogP contribution in [0.1, 0.15) is 38.7 Å². The van der Waals surface area contributed by atoms with Crippen molar-refractivity contribution < 1.29 is 27.1 Å². The van der Waals surface area contributed by atoms with E-state index < -0.39 is 17.6 Å². The third-order valence-corrected chi connectivity index (χ3v) is 6.04. The van der Waals surface area contributed by atoms with Gasteiger partial charge in [-0.05, 0) is 55.1 Å². The summed E-state index contributed by atoms with van der Waals surface area (Å²) in [5.41, 5.74) is 1.88. The molecule has 0 unspecified atom stereocenters. The van der Waals surface area contributed by atoms with Gasteiger partial charge in [-0.1, -0.05) is 12.1 Å². The van der Waals surface area contributed by atoms with Gasteiger partial charge in [0.05, 0.1) is 18.3 Å². The van der Waals surface area contributed by atoms with Gasteiger partial charge in [-0.25, -0.2) is 4.39 Å². The molecule has 1 saturated heterocycles. The number of halogens is 4. The molecular weight excluding hydrogens is 438 g/mol. The summed E-state index contributed by atoms with van der Waals surface area (Å²) in [6, 6.07) is 8.34. The van der Waals surface area contributed by atoms with Gasteiger partial charge in [-0.3, -0.25) is 9.69 Å². The van der Waals surface area contributed by atoms with Crippen molar-refractivity contribution in [3.8, 4) is 0 Å². The van der Waals surface area contributed by atoms with Crippen LogP contribution in [0.15, 0.2) is 36.4 Å².